The summed E-state index contributed by atoms with van der Waals surface area (Å²) in [5, 5.41) is 10.3. The lowest BCUT2D eigenvalue weighted by Gasteiger charge is -2.13. The summed E-state index contributed by atoms with van der Waals surface area (Å²) >= 11 is 0. The lowest BCUT2D eigenvalue weighted by Crippen LogP contribution is -2.38. The van der Waals surface area contributed by atoms with Crippen molar-refractivity contribution in [2.75, 3.05) is 13.3 Å². The third-order valence-electron chi connectivity index (χ3n) is 5.36. The fourth-order valence-electron chi connectivity index (χ4n) is 3.57. The molecule has 0 unspecified atom stereocenters. The van der Waals surface area contributed by atoms with Gasteiger partial charge >= 0.3 is 6.61 Å². The number of fused-ring (bicyclic) bond motifs is 1. The standard InChI is InChI=1S/C21H19F4N5O3S/c22-6-13(7-23)29-34(31,32)15-9-27-20(28-10-15)19-17(8-26)16-4-3-14(33-21(24)25)5-18(16)30(19)11-12-1-2-12/h3-5,9-10,12-13,21,29H,1-2,6-7,11H2. The van der Waals surface area contributed by atoms with E-state index in [0.29, 0.717) is 29.1 Å². The van der Waals surface area contributed by atoms with Gasteiger partial charge in [0, 0.05) is 18.0 Å². The first-order valence-electron chi connectivity index (χ1n) is 10.2. The maximum absolute atomic E-state index is 12.7. The van der Waals surface area contributed by atoms with Crippen molar-refractivity contribution in [2.24, 2.45) is 5.92 Å². The van der Waals surface area contributed by atoms with E-state index >= 15 is 0 Å². The number of sulfonamides is 1. The molecule has 4 rings (SSSR count). The monoisotopic (exact) mass is 497 g/mol. The third kappa shape index (κ3) is 4.83. The number of hydrogen-bond acceptors (Lipinski definition) is 6. The molecule has 180 valence electrons. The molecular weight excluding hydrogens is 478 g/mol. The minimum absolute atomic E-state index is 0.0382. The SMILES string of the molecule is N#Cc1c(-c2ncc(S(=O)(=O)NC(CF)CF)cn2)n(CC2CC2)c2cc(OC(F)F)ccc12. The molecule has 1 saturated carbocycles. The van der Waals surface area contributed by atoms with Crippen LogP contribution >= 0.6 is 0 Å². The van der Waals surface area contributed by atoms with Gasteiger partial charge in [-0.2, -0.15) is 14.0 Å². The molecule has 0 spiro atoms. The van der Waals surface area contributed by atoms with Crippen LogP contribution in [0.25, 0.3) is 22.4 Å². The highest BCUT2D eigenvalue weighted by Crippen LogP contribution is 2.38. The lowest BCUT2D eigenvalue weighted by molar-refractivity contribution is -0.0497. The van der Waals surface area contributed by atoms with E-state index in [-0.39, 0.29) is 17.1 Å². The van der Waals surface area contributed by atoms with Crippen LogP contribution in [0.4, 0.5) is 17.6 Å². The number of rotatable bonds is 10. The Balaban J connectivity index is 1.79. The predicted octanol–water partition coefficient (Wildman–Crippen LogP) is 3.57. The van der Waals surface area contributed by atoms with Gasteiger partial charge in [0.1, 0.15) is 35.8 Å². The molecule has 0 saturated heterocycles. The number of nitrogens with zero attached hydrogens (tertiary/aromatic N) is 4. The van der Waals surface area contributed by atoms with E-state index in [1.807, 2.05) is 4.72 Å². The first kappa shape index (κ1) is 23.9. The van der Waals surface area contributed by atoms with Crippen LogP contribution in [0.3, 0.4) is 0 Å². The Morgan fingerprint density at radius 1 is 1.21 bits per heavy atom. The van der Waals surface area contributed by atoms with Crippen molar-refractivity contribution < 1.29 is 30.7 Å². The zero-order valence-corrected chi connectivity index (χ0v) is 18.4. The quantitative estimate of drug-likeness (QED) is 0.429. The van der Waals surface area contributed by atoms with E-state index in [1.165, 1.54) is 18.2 Å². The van der Waals surface area contributed by atoms with Crippen molar-refractivity contribution in [1.82, 2.24) is 19.3 Å². The Labute approximate surface area is 192 Å². The number of benzene rings is 1. The second-order valence-electron chi connectivity index (χ2n) is 7.82. The highest BCUT2D eigenvalue weighted by Gasteiger charge is 2.28. The molecule has 0 radical (unpaired) electrons. The minimum atomic E-state index is -4.27. The number of nitriles is 1. The minimum Gasteiger partial charge on any atom is -0.435 e. The fourth-order valence-corrected chi connectivity index (χ4v) is 4.65. The van der Waals surface area contributed by atoms with Crippen LogP contribution in [-0.2, 0) is 16.6 Å². The zero-order valence-electron chi connectivity index (χ0n) is 17.6. The molecule has 0 bridgehead atoms. The van der Waals surface area contributed by atoms with Crippen molar-refractivity contribution >= 4 is 20.9 Å². The van der Waals surface area contributed by atoms with E-state index in [9.17, 15) is 31.2 Å². The second kappa shape index (κ2) is 9.55. The van der Waals surface area contributed by atoms with E-state index in [0.717, 1.165) is 25.2 Å². The molecule has 0 atom stereocenters. The maximum Gasteiger partial charge on any atom is 0.387 e. The molecule has 0 aliphatic heterocycles. The molecule has 2 aromatic heterocycles. The highest BCUT2D eigenvalue weighted by atomic mass is 32.2. The van der Waals surface area contributed by atoms with Gasteiger partial charge in [-0.3, -0.25) is 0 Å². The van der Waals surface area contributed by atoms with Crippen molar-refractivity contribution in [3.05, 3.63) is 36.2 Å². The summed E-state index contributed by atoms with van der Waals surface area (Å²) < 4.78 is 83.8. The largest absolute Gasteiger partial charge is 0.435 e. The van der Waals surface area contributed by atoms with Crippen LogP contribution in [0.2, 0.25) is 0 Å². The molecule has 1 aromatic carbocycles. The summed E-state index contributed by atoms with van der Waals surface area (Å²) in [6.45, 7) is -4.98. The summed E-state index contributed by atoms with van der Waals surface area (Å²) in [6, 6.07) is 4.80. The molecule has 0 amide bonds. The average Bonchev–Trinajstić information content (AvgIpc) is 3.58. The smallest absolute Gasteiger partial charge is 0.387 e. The first-order chi connectivity index (χ1) is 16.3. The van der Waals surface area contributed by atoms with E-state index in [4.69, 9.17) is 0 Å². The van der Waals surface area contributed by atoms with Gasteiger partial charge in [0.2, 0.25) is 10.0 Å². The van der Waals surface area contributed by atoms with Crippen molar-refractivity contribution in [3.8, 4) is 23.3 Å². The highest BCUT2D eigenvalue weighted by molar-refractivity contribution is 7.89. The molecule has 8 nitrogen and oxygen atoms in total. The average molecular weight is 497 g/mol. The van der Waals surface area contributed by atoms with Crippen molar-refractivity contribution in [3.63, 3.8) is 0 Å². The lowest BCUT2D eigenvalue weighted by atomic mass is 10.1. The van der Waals surface area contributed by atoms with Crippen LogP contribution in [0.1, 0.15) is 18.4 Å². The number of aromatic nitrogens is 3. The van der Waals surface area contributed by atoms with Gasteiger partial charge in [-0.25, -0.2) is 31.9 Å². The topological polar surface area (TPSA) is 110 Å². The molecule has 34 heavy (non-hydrogen) atoms. The number of ether oxygens (including phenoxy) is 1. The van der Waals surface area contributed by atoms with E-state index in [2.05, 4.69) is 20.8 Å². The van der Waals surface area contributed by atoms with Crippen LogP contribution < -0.4 is 9.46 Å². The second-order valence-corrected chi connectivity index (χ2v) is 9.53. The van der Waals surface area contributed by atoms with Gasteiger partial charge in [-0.15, -0.1) is 0 Å². The Kier molecular flexibility index (Phi) is 6.72. The van der Waals surface area contributed by atoms with Gasteiger partial charge in [0.25, 0.3) is 0 Å². The Morgan fingerprint density at radius 3 is 2.44 bits per heavy atom. The van der Waals surface area contributed by atoms with Gasteiger partial charge in [0.05, 0.1) is 29.5 Å². The third-order valence-corrected chi connectivity index (χ3v) is 6.83. The van der Waals surface area contributed by atoms with Crippen molar-refractivity contribution in [2.45, 2.75) is 36.9 Å². The van der Waals surface area contributed by atoms with E-state index < -0.39 is 40.9 Å². The summed E-state index contributed by atoms with van der Waals surface area (Å²) in [7, 11) is -4.27. The summed E-state index contributed by atoms with van der Waals surface area (Å²) in [4.78, 5) is 7.79. The molecular formula is C21H19F4N5O3S. The molecule has 1 aliphatic rings. The van der Waals surface area contributed by atoms with Gasteiger partial charge in [-0.05, 0) is 30.9 Å². The van der Waals surface area contributed by atoms with E-state index in [1.54, 1.807) is 4.57 Å². The summed E-state index contributed by atoms with van der Waals surface area (Å²) in [5.74, 6) is 0.288. The van der Waals surface area contributed by atoms with Gasteiger partial charge in [0.15, 0.2) is 5.82 Å². The van der Waals surface area contributed by atoms with Gasteiger partial charge < -0.3 is 9.30 Å². The van der Waals surface area contributed by atoms with Crippen LogP contribution in [0, 0.1) is 17.2 Å². The molecule has 1 N–H and O–H groups in total. The van der Waals surface area contributed by atoms with Crippen LogP contribution in [-0.4, -0.2) is 49.0 Å². The van der Waals surface area contributed by atoms with Crippen LogP contribution in [0.15, 0.2) is 35.5 Å². The zero-order chi connectivity index (χ0) is 24.5. The molecule has 2 heterocycles. The number of nitrogens with one attached hydrogen (secondary N) is 1. The number of alkyl halides is 4. The summed E-state index contributed by atoms with van der Waals surface area (Å²) in [5.41, 5.74) is 0.982. The molecule has 1 fully saturated rings. The Hall–Kier alpha value is -3.24. The summed E-state index contributed by atoms with van der Waals surface area (Å²) in [6.07, 6.45) is 3.87. The molecule has 3 aromatic rings. The molecule has 13 heteroatoms. The molecule has 1 aliphatic carbocycles. The Bertz CT molecular complexity index is 1330. The van der Waals surface area contributed by atoms with Crippen LogP contribution in [0.5, 0.6) is 5.75 Å². The van der Waals surface area contributed by atoms with Gasteiger partial charge in [-0.1, -0.05) is 0 Å². The predicted molar refractivity (Wildman–Crippen MR) is 113 cm³/mol. The first-order valence-corrected chi connectivity index (χ1v) is 11.7. The van der Waals surface area contributed by atoms with Crippen molar-refractivity contribution in [1.29, 1.82) is 5.26 Å². The number of hydrogen-bond donors (Lipinski definition) is 1. The fraction of sp³-hybridized carbons (Fsp3) is 0.381. The normalized spacial score (nSPS) is 14.1. The number of halogens is 4. The maximum atomic E-state index is 12.7. The Morgan fingerprint density at radius 2 is 1.88 bits per heavy atom.